The average molecular weight is 335 g/mol. The molecule has 0 aliphatic heterocycles. The summed E-state index contributed by atoms with van der Waals surface area (Å²) in [5, 5.41) is 3.15. The lowest BCUT2D eigenvalue weighted by molar-refractivity contribution is 0.0927. The molecule has 5 heteroatoms. The standard InChI is InChI=1S/C13H14BrClFNO/c14-11-6-1-8(7-12(11)16)13(18)17-10-4-2-9(15)3-5-10/h1,6-7,9-10H,2-5H2,(H,17,18). The fourth-order valence-electron chi connectivity index (χ4n) is 2.10. The van der Waals surface area contributed by atoms with E-state index in [0.717, 1.165) is 25.7 Å². The minimum atomic E-state index is -0.424. The van der Waals surface area contributed by atoms with Crippen molar-refractivity contribution in [3.8, 4) is 0 Å². The third-order valence-electron chi connectivity index (χ3n) is 3.17. The maximum atomic E-state index is 13.3. The fraction of sp³-hybridized carbons (Fsp3) is 0.462. The average Bonchev–Trinajstić information content (AvgIpc) is 2.35. The highest BCUT2D eigenvalue weighted by Crippen LogP contribution is 2.23. The molecule has 0 unspecified atom stereocenters. The van der Waals surface area contributed by atoms with Crippen LogP contribution in [0.15, 0.2) is 22.7 Å². The quantitative estimate of drug-likeness (QED) is 0.817. The largest absolute Gasteiger partial charge is 0.349 e. The van der Waals surface area contributed by atoms with Crippen molar-refractivity contribution < 1.29 is 9.18 Å². The zero-order valence-corrected chi connectivity index (χ0v) is 12.1. The Morgan fingerprint density at radius 3 is 2.61 bits per heavy atom. The lowest BCUT2D eigenvalue weighted by atomic mass is 9.95. The summed E-state index contributed by atoms with van der Waals surface area (Å²) < 4.78 is 13.7. The Morgan fingerprint density at radius 2 is 2.00 bits per heavy atom. The molecule has 1 aromatic carbocycles. The molecule has 0 aromatic heterocycles. The molecule has 1 saturated carbocycles. The van der Waals surface area contributed by atoms with Crippen molar-refractivity contribution in [3.05, 3.63) is 34.1 Å². The Morgan fingerprint density at radius 1 is 1.33 bits per heavy atom. The van der Waals surface area contributed by atoms with Gasteiger partial charge in [-0.3, -0.25) is 4.79 Å². The summed E-state index contributed by atoms with van der Waals surface area (Å²) in [5.74, 6) is -0.647. The second-order valence-electron chi connectivity index (χ2n) is 4.55. The molecule has 0 heterocycles. The van der Waals surface area contributed by atoms with Gasteiger partial charge in [-0.15, -0.1) is 11.6 Å². The van der Waals surface area contributed by atoms with Gasteiger partial charge >= 0.3 is 0 Å². The molecule has 1 fully saturated rings. The fourth-order valence-corrected chi connectivity index (χ4v) is 2.60. The smallest absolute Gasteiger partial charge is 0.251 e. The van der Waals surface area contributed by atoms with Crippen LogP contribution in [0.4, 0.5) is 4.39 Å². The molecule has 98 valence electrons. The van der Waals surface area contributed by atoms with E-state index in [4.69, 9.17) is 11.6 Å². The van der Waals surface area contributed by atoms with Gasteiger partial charge < -0.3 is 5.32 Å². The topological polar surface area (TPSA) is 29.1 Å². The summed E-state index contributed by atoms with van der Waals surface area (Å²) in [4.78, 5) is 11.9. The highest BCUT2D eigenvalue weighted by atomic mass is 79.9. The zero-order valence-electron chi connectivity index (χ0n) is 9.76. The van der Waals surface area contributed by atoms with Crippen molar-refractivity contribution in [2.24, 2.45) is 0 Å². The number of benzene rings is 1. The van der Waals surface area contributed by atoms with Gasteiger partial charge in [-0.05, 0) is 59.8 Å². The van der Waals surface area contributed by atoms with Crippen molar-refractivity contribution in [1.29, 1.82) is 0 Å². The molecule has 2 nitrogen and oxygen atoms in total. The molecule has 1 aromatic rings. The van der Waals surface area contributed by atoms with Crippen LogP contribution in [0.25, 0.3) is 0 Å². The number of alkyl halides is 1. The van der Waals surface area contributed by atoms with E-state index in [9.17, 15) is 9.18 Å². The maximum Gasteiger partial charge on any atom is 0.251 e. The highest BCUT2D eigenvalue weighted by Gasteiger charge is 2.21. The van der Waals surface area contributed by atoms with E-state index in [1.807, 2.05) is 0 Å². The number of carbonyl (C=O) groups excluding carboxylic acids is 1. The second-order valence-corrected chi connectivity index (χ2v) is 6.02. The van der Waals surface area contributed by atoms with Gasteiger partial charge in [0, 0.05) is 17.0 Å². The molecule has 0 radical (unpaired) electrons. The molecule has 1 aliphatic rings. The molecule has 18 heavy (non-hydrogen) atoms. The van der Waals surface area contributed by atoms with Crippen LogP contribution in [-0.2, 0) is 0 Å². The SMILES string of the molecule is O=C(NC1CCC(Cl)CC1)c1ccc(Br)c(F)c1. The predicted molar refractivity (Wildman–Crippen MR) is 73.5 cm³/mol. The van der Waals surface area contributed by atoms with Crippen LogP contribution >= 0.6 is 27.5 Å². The molecular weight excluding hydrogens is 321 g/mol. The number of halogens is 3. The molecule has 1 aliphatic carbocycles. The van der Waals surface area contributed by atoms with Crippen LogP contribution in [0.5, 0.6) is 0 Å². The van der Waals surface area contributed by atoms with Gasteiger partial charge in [-0.2, -0.15) is 0 Å². The maximum absolute atomic E-state index is 13.3. The van der Waals surface area contributed by atoms with Gasteiger partial charge in [0.05, 0.1) is 4.47 Å². The Hall–Kier alpha value is -0.610. The normalized spacial score (nSPS) is 23.7. The Labute approximate surface area is 119 Å². The van der Waals surface area contributed by atoms with Crippen molar-refractivity contribution in [3.63, 3.8) is 0 Å². The number of nitrogens with one attached hydrogen (secondary N) is 1. The third kappa shape index (κ3) is 3.45. The van der Waals surface area contributed by atoms with Gasteiger partial charge in [0.1, 0.15) is 5.82 Å². The van der Waals surface area contributed by atoms with Crippen LogP contribution in [0.1, 0.15) is 36.0 Å². The number of amides is 1. The van der Waals surface area contributed by atoms with Crippen LogP contribution in [0, 0.1) is 5.82 Å². The lowest BCUT2D eigenvalue weighted by Crippen LogP contribution is -2.37. The Bertz CT molecular complexity index is 447. The van der Waals surface area contributed by atoms with E-state index in [1.165, 1.54) is 6.07 Å². The summed E-state index contributed by atoms with van der Waals surface area (Å²) >= 11 is 9.07. The predicted octanol–water partition coefficient (Wildman–Crippen LogP) is 3.87. The lowest BCUT2D eigenvalue weighted by Gasteiger charge is -2.25. The zero-order chi connectivity index (χ0) is 13.1. The second kappa shape index (κ2) is 6.02. The molecule has 0 spiro atoms. The minimum absolute atomic E-state index is 0.152. The van der Waals surface area contributed by atoms with E-state index < -0.39 is 5.82 Å². The van der Waals surface area contributed by atoms with Crippen molar-refractivity contribution >= 4 is 33.4 Å². The van der Waals surface area contributed by atoms with Gasteiger partial charge in [0.2, 0.25) is 0 Å². The summed E-state index contributed by atoms with van der Waals surface area (Å²) in [7, 11) is 0. The van der Waals surface area contributed by atoms with Crippen LogP contribution in [0.3, 0.4) is 0 Å². The van der Waals surface area contributed by atoms with Crippen LogP contribution in [0.2, 0.25) is 0 Å². The number of hydrogen-bond acceptors (Lipinski definition) is 1. The molecule has 0 bridgehead atoms. The van der Waals surface area contributed by atoms with Crippen molar-refractivity contribution in [1.82, 2.24) is 5.32 Å². The van der Waals surface area contributed by atoms with Gasteiger partial charge in [-0.25, -0.2) is 4.39 Å². The van der Waals surface area contributed by atoms with Gasteiger partial charge in [0.15, 0.2) is 0 Å². The van der Waals surface area contributed by atoms with Crippen molar-refractivity contribution in [2.45, 2.75) is 37.1 Å². The van der Waals surface area contributed by atoms with Crippen molar-refractivity contribution in [2.75, 3.05) is 0 Å². The molecule has 0 atom stereocenters. The molecule has 1 amide bonds. The van der Waals surface area contributed by atoms with E-state index in [1.54, 1.807) is 12.1 Å². The van der Waals surface area contributed by atoms with Crippen LogP contribution < -0.4 is 5.32 Å². The summed E-state index contributed by atoms with van der Waals surface area (Å²) in [6, 6.07) is 4.54. The van der Waals surface area contributed by atoms with E-state index in [2.05, 4.69) is 21.2 Å². The molecular formula is C13H14BrClFNO. The minimum Gasteiger partial charge on any atom is -0.349 e. The first-order chi connectivity index (χ1) is 8.56. The monoisotopic (exact) mass is 333 g/mol. The van der Waals surface area contributed by atoms with E-state index in [0.29, 0.717) is 10.0 Å². The summed E-state index contributed by atoms with van der Waals surface area (Å²) in [6.07, 6.45) is 3.61. The first-order valence-corrected chi connectivity index (χ1v) is 7.19. The summed E-state index contributed by atoms with van der Waals surface area (Å²) in [6.45, 7) is 0. The first-order valence-electron chi connectivity index (χ1n) is 5.96. The third-order valence-corrected chi connectivity index (χ3v) is 4.25. The number of rotatable bonds is 2. The van der Waals surface area contributed by atoms with E-state index >= 15 is 0 Å². The highest BCUT2D eigenvalue weighted by molar-refractivity contribution is 9.10. The number of carbonyl (C=O) groups is 1. The summed E-state index contributed by atoms with van der Waals surface area (Å²) in [5.41, 5.74) is 0.351. The first kappa shape index (κ1) is 13.8. The van der Waals surface area contributed by atoms with Gasteiger partial charge in [0.25, 0.3) is 5.91 Å². The Kier molecular flexibility index (Phi) is 4.62. The number of hydrogen-bond donors (Lipinski definition) is 1. The van der Waals surface area contributed by atoms with E-state index in [-0.39, 0.29) is 17.3 Å². The molecule has 1 N–H and O–H groups in total. The van der Waals surface area contributed by atoms with Crippen LogP contribution in [-0.4, -0.2) is 17.3 Å². The molecule has 0 saturated heterocycles. The molecule has 2 rings (SSSR count). The van der Waals surface area contributed by atoms with Gasteiger partial charge in [-0.1, -0.05) is 0 Å². The Balaban J connectivity index is 1.97.